The summed E-state index contributed by atoms with van der Waals surface area (Å²) >= 11 is 0. The Morgan fingerprint density at radius 3 is 2.79 bits per heavy atom. The van der Waals surface area contributed by atoms with E-state index in [1.165, 1.54) is 31.5 Å². The number of oxime groups is 1. The van der Waals surface area contributed by atoms with E-state index in [4.69, 9.17) is 10.5 Å². The van der Waals surface area contributed by atoms with E-state index in [-0.39, 0.29) is 18.1 Å². The van der Waals surface area contributed by atoms with Gasteiger partial charge in [-0.25, -0.2) is 0 Å². The number of hydrogen-bond acceptors (Lipinski definition) is 5. The summed E-state index contributed by atoms with van der Waals surface area (Å²) in [6.45, 7) is -3.28. The average molecular weight is 274 g/mol. The minimum absolute atomic E-state index is 0.0901. The second-order valence-electron chi connectivity index (χ2n) is 3.26. The zero-order valence-electron chi connectivity index (χ0n) is 10.0. The number of ether oxygens (including phenoxy) is 2. The Morgan fingerprint density at radius 2 is 2.21 bits per heavy atom. The zero-order chi connectivity index (χ0) is 14.3. The number of halogens is 2. The maximum atomic E-state index is 12.1. The summed E-state index contributed by atoms with van der Waals surface area (Å²) in [6, 6.07) is 4.20. The van der Waals surface area contributed by atoms with E-state index in [2.05, 4.69) is 14.7 Å². The lowest BCUT2D eigenvalue weighted by molar-refractivity contribution is -0.122. The number of nitrogens with zero attached hydrogens (tertiary/aromatic N) is 1. The fraction of sp³-hybridized carbons (Fsp3) is 0.273. The molecule has 0 heterocycles. The van der Waals surface area contributed by atoms with Crippen molar-refractivity contribution in [1.29, 1.82) is 0 Å². The molecule has 0 aliphatic carbocycles. The number of nitrogens with two attached hydrogens (primary N) is 1. The predicted octanol–water partition coefficient (Wildman–Crippen LogP) is 1.13. The van der Waals surface area contributed by atoms with Gasteiger partial charge in [-0.2, -0.15) is 8.78 Å². The molecule has 1 aromatic rings. The molecule has 0 unspecified atom stereocenters. The molecule has 1 amide bonds. The van der Waals surface area contributed by atoms with Gasteiger partial charge in [0, 0.05) is 5.56 Å². The molecule has 8 heteroatoms. The van der Waals surface area contributed by atoms with E-state index in [1.54, 1.807) is 0 Å². The third-order valence-electron chi connectivity index (χ3n) is 1.89. The van der Waals surface area contributed by atoms with Gasteiger partial charge in [0.25, 0.3) is 5.91 Å². The molecule has 19 heavy (non-hydrogen) atoms. The van der Waals surface area contributed by atoms with E-state index < -0.39 is 12.5 Å². The van der Waals surface area contributed by atoms with Gasteiger partial charge < -0.3 is 20.0 Å². The van der Waals surface area contributed by atoms with Gasteiger partial charge in [-0.3, -0.25) is 4.79 Å². The van der Waals surface area contributed by atoms with Crippen LogP contribution in [-0.4, -0.2) is 32.4 Å². The van der Waals surface area contributed by atoms with Crippen LogP contribution in [0.4, 0.5) is 8.78 Å². The molecule has 0 spiro atoms. The van der Waals surface area contributed by atoms with Crippen molar-refractivity contribution in [3.63, 3.8) is 0 Å². The highest BCUT2D eigenvalue weighted by Gasteiger charge is 2.10. The normalized spacial score (nSPS) is 10.7. The molecule has 6 nitrogen and oxygen atoms in total. The van der Waals surface area contributed by atoms with Crippen LogP contribution in [0.25, 0.3) is 0 Å². The van der Waals surface area contributed by atoms with Crippen LogP contribution in [0.2, 0.25) is 0 Å². The topological polar surface area (TPSA) is 83.1 Å². The van der Waals surface area contributed by atoms with E-state index >= 15 is 0 Å². The second kappa shape index (κ2) is 7.14. The summed E-state index contributed by atoms with van der Waals surface area (Å²) in [7, 11) is 1.32. The van der Waals surface area contributed by atoms with Gasteiger partial charge in [-0.15, -0.1) is 0 Å². The van der Waals surface area contributed by atoms with Crippen LogP contribution < -0.4 is 15.2 Å². The van der Waals surface area contributed by atoms with Gasteiger partial charge >= 0.3 is 6.61 Å². The summed E-state index contributed by atoms with van der Waals surface area (Å²) in [4.78, 5) is 14.9. The van der Waals surface area contributed by atoms with Crippen LogP contribution in [0.1, 0.15) is 5.56 Å². The van der Waals surface area contributed by atoms with Crippen LogP contribution in [0.5, 0.6) is 11.5 Å². The van der Waals surface area contributed by atoms with E-state index in [9.17, 15) is 13.6 Å². The summed E-state index contributed by atoms with van der Waals surface area (Å²) in [5.41, 5.74) is 5.35. The molecule has 104 valence electrons. The lowest BCUT2D eigenvalue weighted by atomic mass is 10.2. The number of carbonyl (C=O) groups excluding carboxylic acids is 1. The Kier molecular flexibility index (Phi) is 5.52. The molecule has 0 saturated carbocycles. The number of amides is 1. The first-order valence-electron chi connectivity index (χ1n) is 5.09. The maximum Gasteiger partial charge on any atom is 0.387 e. The molecular weight excluding hydrogens is 262 g/mol. The first-order chi connectivity index (χ1) is 9.02. The van der Waals surface area contributed by atoms with Gasteiger partial charge in [-0.1, -0.05) is 5.16 Å². The number of primary amides is 1. The van der Waals surface area contributed by atoms with Gasteiger partial charge in [0.15, 0.2) is 18.1 Å². The molecule has 0 aliphatic heterocycles. The largest absolute Gasteiger partial charge is 0.493 e. The molecule has 2 N–H and O–H groups in total. The highest BCUT2D eigenvalue weighted by molar-refractivity contribution is 5.80. The molecule has 0 aromatic heterocycles. The smallest absolute Gasteiger partial charge is 0.387 e. The van der Waals surface area contributed by atoms with Crippen LogP contribution in [0, 0.1) is 0 Å². The molecule has 0 aliphatic rings. The van der Waals surface area contributed by atoms with Crippen molar-refractivity contribution in [2.45, 2.75) is 6.61 Å². The van der Waals surface area contributed by atoms with Gasteiger partial charge in [-0.05, 0) is 18.2 Å². The summed E-state index contributed by atoms with van der Waals surface area (Å²) < 4.78 is 33.3. The number of benzene rings is 1. The van der Waals surface area contributed by atoms with Crippen molar-refractivity contribution >= 4 is 12.1 Å². The summed E-state index contributed by atoms with van der Waals surface area (Å²) in [5.74, 6) is -0.623. The minimum atomic E-state index is -2.94. The first-order valence-corrected chi connectivity index (χ1v) is 5.09. The van der Waals surface area contributed by atoms with Gasteiger partial charge in [0.2, 0.25) is 0 Å². The fourth-order valence-corrected chi connectivity index (χ4v) is 1.16. The SMILES string of the molecule is COc1cc(/C=N/OCC(N)=O)ccc1OC(F)F. The first kappa shape index (κ1) is 14.7. The van der Waals surface area contributed by atoms with Crippen LogP contribution in [-0.2, 0) is 9.63 Å². The molecule has 0 atom stereocenters. The minimum Gasteiger partial charge on any atom is -0.493 e. The van der Waals surface area contributed by atoms with Crippen molar-refractivity contribution in [3.05, 3.63) is 23.8 Å². The molecule has 1 aromatic carbocycles. The Balaban J connectivity index is 2.73. The molecule has 0 bridgehead atoms. The standard InChI is InChI=1S/C11H12F2N2O4/c1-17-9-4-7(5-15-18-6-10(14)16)2-3-8(9)19-11(12)13/h2-5,11H,6H2,1H3,(H2,14,16)/b15-5+. The van der Waals surface area contributed by atoms with E-state index in [0.717, 1.165) is 0 Å². The zero-order valence-corrected chi connectivity index (χ0v) is 10.0. The van der Waals surface area contributed by atoms with Crippen molar-refractivity contribution in [2.75, 3.05) is 13.7 Å². The molecule has 0 fully saturated rings. The van der Waals surface area contributed by atoms with Crippen molar-refractivity contribution in [3.8, 4) is 11.5 Å². The Hall–Kier alpha value is -2.38. The van der Waals surface area contributed by atoms with E-state index in [0.29, 0.717) is 5.56 Å². The maximum absolute atomic E-state index is 12.1. The number of hydrogen-bond donors (Lipinski definition) is 1. The molecule has 1 rings (SSSR count). The predicted molar refractivity (Wildman–Crippen MR) is 62.4 cm³/mol. The molecular formula is C11H12F2N2O4. The van der Waals surface area contributed by atoms with Crippen molar-refractivity contribution in [2.24, 2.45) is 10.9 Å². The van der Waals surface area contributed by atoms with Crippen molar-refractivity contribution in [1.82, 2.24) is 0 Å². The number of rotatable bonds is 7. The Labute approximate surface area is 107 Å². The third kappa shape index (κ3) is 5.19. The highest BCUT2D eigenvalue weighted by Crippen LogP contribution is 2.28. The summed E-state index contributed by atoms with van der Waals surface area (Å²) in [5, 5.41) is 3.48. The highest BCUT2D eigenvalue weighted by atomic mass is 19.3. The second-order valence-corrected chi connectivity index (χ2v) is 3.26. The monoisotopic (exact) mass is 274 g/mol. The average Bonchev–Trinajstić information content (AvgIpc) is 2.35. The number of methoxy groups -OCH3 is 1. The van der Waals surface area contributed by atoms with Gasteiger partial charge in [0.05, 0.1) is 13.3 Å². The quantitative estimate of drug-likeness (QED) is 0.597. The van der Waals surface area contributed by atoms with Crippen LogP contribution in [0.3, 0.4) is 0 Å². The summed E-state index contributed by atoms with van der Waals surface area (Å²) in [6.07, 6.45) is 1.28. The van der Waals surface area contributed by atoms with Crippen LogP contribution >= 0.6 is 0 Å². The third-order valence-corrected chi connectivity index (χ3v) is 1.89. The van der Waals surface area contributed by atoms with E-state index in [1.807, 2.05) is 0 Å². The van der Waals surface area contributed by atoms with Crippen molar-refractivity contribution < 1.29 is 27.9 Å². The Morgan fingerprint density at radius 1 is 1.47 bits per heavy atom. The lowest BCUT2D eigenvalue weighted by Crippen LogP contribution is -2.16. The lowest BCUT2D eigenvalue weighted by Gasteiger charge is -2.09. The number of alkyl halides is 2. The molecule has 0 saturated heterocycles. The number of carbonyl (C=O) groups is 1. The Bertz CT molecular complexity index is 466. The van der Waals surface area contributed by atoms with Crippen LogP contribution in [0.15, 0.2) is 23.4 Å². The fourth-order valence-electron chi connectivity index (χ4n) is 1.16. The molecule has 0 radical (unpaired) electrons. The van der Waals surface area contributed by atoms with Gasteiger partial charge in [0.1, 0.15) is 0 Å².